The molecule has 3 aromatic rings. The number of aromatic nitrogens is 2. The Morgan fingerprint density at radius 2 is 2.00 bits per heavy atom. The van der Waals surface area contributed by atoms with Gasteiger partial charge in [0.05, 0.1) is 10.5 Å². The number of fused-ring (bicyclic) bond motifs is 1. The van der Waals surface area contributed by atoms with Crippen LogP contribution in [-0.4, -0.2) is 21.0 Å². The highest BCUT2D eigenvalue weighted by atomic mass is 35.5. The van der Waals surface area contributed by atoms with Crippen molar-refractivity contribution in [2.24, 2.45) is 0 Å². The van der Waals surface area contributed by atoms with Crippen LogP contribution in [0.1, 0.15) is 10.4 Å². The lowest BCUT2D eigenvalue weighted by molar-refractivity contribution is 0.0697. The van der Waals surface area contributed by atoms with Gasteiger partial charge in [-0.1, -0.05) is 23.7 Å². The molecule has 2 N–H and O–H groups in total. The van der Waals surface area contributed by atoms with Gasteiger partial charge in [0.25, 0.3) is 0 Å². The molecule has 0 amide bonds. The fourth-order valence-electron chi connectivity index (χ4n) is 1.98. The van der Waals surface area contributed by atoms with Gasteiger partial charge in [-0.25, -0.2) is 14.8 Å². The van der Waals surface area contributed by atoms with Gasteiger partial charge in [-0.15, -0.1) is 0 Å². The number of carboxylic acids is 1. The molecular weight excluding hydrogens is 290 g/mol. The molecule has 0 spiro atoms. The summed E-state index contributed by atoms with van der Waals surface area (Å²) in [6, 6.07) is 12.2. The van der Waals surface area contributed by atoms with E-state index in [1.54, 1.807) is 18.2 Å². The number of nitrogens with one attached hydrogen (secondary N) is 1. The maximum Gasteiger partial charge on any atom is 0.339 e. The lowest BCUT2D eigenvalue weighted by Crippen LogP contribution is -2.05. The standard InChI is InChI=1S/C15H10ClN3O2/c16-11-5-1-3-9-6-7-12(18-13(9)11)19-14-10(15(20)21)4-2-8-17-14/h1-8H,(H,20,21)(H,17,18,19). The zero-order chi connectivity index (χ0) is 14.8. The molecule has 2 aromatic heterocycles. The average molecular weight is 300 g/mol. The molecule has 0 saturated carbocycles. The quantitative estimate of drug-likeness (QED) is 0.771. The van der Waals surface area contributed by atoms with Crippen LogP contribution in [0.2, 0.25) is 5.02 Å². The van der Waals surface area contributed by atoms with Gasteiger partial charge >= 0.3 is 5.97 Å². The van der Waals surface area contributed by atoms with Gasteiger partial charge in [-0.2, -0.15) is 0 Å². The van der Waals surface area contributed by atoms with Crippen LogP contribution in [0.4, 0.5) is 11.6 Å². The van der Waals surface area contributed by atoms with Gasteiger partial charge < -0.3 is 10.4 Å². The smallest absolute Gasteiger partial charge is 0.339 e. The van der Waals surface area contributed by atoms with Crippen molar-refractivity contribution in [1.29, 1.82) is 0 Å². The van der Waals surface area contributed by atoms with Crippen molar-refractivity contribution in [2.45, 2.75) is 0 Å². The van der Waals surface area contributed by atoms with Gasteiger partial charge in [0, 0.05) is 11.6 Å². The highest BCUT2D eigenvalue weighted by molar-refractivity contribution is 6.35. The van der Waals surface area contributed by atoms with Crippen molar-refractivity contribution >= 4 is 40.1 Å². The number of carbonyl (C=O) groups is 1. The Bertz CT molecular complexity index is 836. The number of halogens is 1. The largest absolute Gasteiger partial charge is 0.478 e. The molecule has 21 heavy (non-hydrogen) atoms. The summed E-state index contributed by atoms with van der Waals surface area (Å²) in [5, 5.41) is 13.5. The molecule has 0 unspecified atom stereocenters. The Morgan fingerprint density at radius 1 is 1.14 bits per heavy atom. The fourth-order valence-corrected chi connectivity index (χ4v) is 2.20. The van der Waals surface area contributed by atoms with E-state index >= 15 is 0 Å². The van der Waals surface area contributed by atoms with E-state index in [1.165, 1.54) is 12.3 Å². The predicted molar refractivity (Wildman–Crippen MR) is 81.2 cm³/mol. The number of carboxylic acid groups (broad SMARTS) is 1. The first-order chi connectivity index (χ1) is 10.1. The number of rotatable bonds is 3. The maximum atomic E-state index is 11.2. The second-order valence-electron chi connectivity index (χ2n) is 4.34. The molecule has 0 bridgehead atoms. The van der Waals surface area contributed by atoms with Crippen molar-refractivity contribution in [3.63, 3.8) is 0 Å². The molecule has 0 aliphatic rings. The molecule has 0 radical (unpaired) electrons. The number of pyridine rings is 2. The van der Waals surface area contributed by atoms with Crippen LogP contribution in [0.25, 0.3) is 10.9 Å². The summed E-state index contributed by atoms with van der Waals surface area (Å²) in [7, 11) is 0. The first-order valence-corrected chi connectivity index (χ1v) is 6.53. The van der Waals surface area contributed by atoms with E-state index in [9.17, 15) is 4.79 Å². The Kier molecular flexibility index (Phi) is 3.41. The third kappa shape index (κ3) is 2.64. The highest BCUT2D eigenvalue weighted by Gasteiger charge is 2.11. The van der Waals surface area contributed by atoms with E-state index in [0.29, 0.717) is 16.4 Å². The van der Waals surface area contributed by atoms with E-state index in [0.717, 1.165) is 5.39 Å². The van der Waals surface area contributed by atoms with Gasteiger partial charge in [0.1, 0.15) is 17.2 Å². The molecule has 0 saturated heterocycles. The third-order valence-corrected chi connectivity index (χ3v) is 3.26. The normalized spacial score (nSPS) is 10.5. The Balaban J connectivity index is 2.03. The second-order valence-corrected chi connectivity index (χ2v) is 4.74. The number of aromatic carboxylic acids is 1. The molecule has 0 aliphatic carbocycles. The monoisotopic (exact) mass is 299 g/mol. The summed E-state index contributed by atoms with van der Waals surface area (Å²) in [4.78, 5) is 19.6. The zero-order valence-electron chi connectivity index (χ0n) is 10.7. The first-order valence-electron chi connectivity index (χ1n) is 6.16. The Morgan fingerprint density at radius 3 is 2.81 bits per heavy atom. The minimum Gasteiger partial charge on any atom is -0.478 e. The lowest BCUT2D eigenvalue weighted by Gasteiger charge is -2.08. The molecule has 0 atom stereocenters. The van der Waals surface area contributed by atoms with Crippen molar-refractivity contribution in [2.75, 3.05) is 5.32 Å². The zero-order valence-corrected chi connectivity index (χ0v) is 11.5. The van der Waals surface area contributed by atoms with Crippen molar-refractivity contribution in [3.05, 3.63) is 59.2 Å². The van der Waals surface area contributed by atoms with Crippen LogP contribution in [-0.2, 0) is 0 Å². The van der Waals surface area contributed by atoms with E-state index in [-0.39, 0.29) is 11.4 Å². The summed E-state index contributed by atoms with van der Waals surface area (Å²) in [6.45, 7) is 0. The van der Waals surface area contributed by atoms with Gasteiger partial charge in [-0.05, 0) is 30.3 Å². The van der Waals surface area contributed by atoms with Crippen LogP contribution in [0, 0.1) is 0 Å². The molecule has 6 heteroatoms. The number of benzene rings is 1. The van der Waals surface area contributed by atoms with E-state index < -0.39 is 5.97 Å². The predicted octanol–water partition coefficient (Wildman–Crippen LogP) is 3.73. The van der Waals surface area contributed by atoms with E-state index in [4.69, 9.17) is 16.7 Å². The van der Waals surface area contributed by atoms with Gasteiger partial charge in [-0.3, -0.25) is 0 Å². The van der Waals surface area contributed by atoms with Crippen molar-refractivity contribution in [3.8, 4) is 0 Å². The van der Waals surface area contributed by atoms with E-state index in [2.05, 4.69) is 15.3 Å². The minimum atomic E-state index is -1.05. The number of para-hydroxylation sites is 1. The molecule has 1 aromatic carbocycles. The molecular formula is C15H10ClN3O2. The number of hydrogen-bond donors (Lipinski definition) is 2. The summed E-state index contributed by atoms with van der Waals surface area (Å²) in [6.07, 6.45) is 1.52. The molecule has 0 aliphatic heterocycles. The summed E-state index contributed by atoms with van der Waals surface area (Å²) in [5.41, 5.74) is 0.732. The van der Waals surface area contributed by atoms with Gasteiger partial charge in [0.15, 0.2) is 0 Å². The molecule has 104 valence electrons. The van der Waals surface area contributed by atoms with Crippen LogP contribution in [0.5, 0.6) is 0 Å². The maximum absolute atomic E-state index is 11.2. The van der Waals surface area contributed by atoms with Crippen molar-refractivity contribution < 1.29 is 9.90 Å². The minimum absolute atomic E-state index is 0.0820. The topological polar surface area (TPSA) is 75.1 Å². The molecule has 3 rings (SSSR count). The Hall–Kier alpha value is -2.66. The van der Waals surface area contributed by atoms with Crippen LogP contribution in [0.15, 0.2) is 48.7 Å². The molecule has 2 heterocycles. The molecule has 0 fully saturated rings. The highest BCUT2D eigenvalue weighted by Crippen LogP contribution is 2.24. The fraction of sp³-hybridized carbons (Fsp3) is 0. The van der Waals surface area contributed by atoms with E-state index in [1.807, 2.05) is 18.2 Å². The van der Waals surface area contributed by atoms with Crippen LogP contribution in [0.3, 0.4) is 0 Å². The van der Waals surface area contributed by atoms with Crippen LogP contribution >= 0.6 is 11.6 Å². The van der Waals surface area contributed by atoms with Crippen LogP contribution < -0.4 is 5.32 Å². The summed E-state index contributed by atoms with van der Waals surface area (Å²) in [5.74, 6) is -0.329. The third-order valence-electron chi connectivity index (χ3n) is 2.96. The second kappa shape index (κ2) is 5.38. The Labute approximate surface area is 125 Å². The summed E-state index contributed by atoms with van der Waals surface area (Å²) < 4.78 is 0. The number of nitrogens with zero attached hydrogens (tertiary/aromatic N) is 2. The number of anilines is 2. The number of hydrogen-bond acceptors (Lipinski definition) is 4. The summed E-state index contributed by atoms with van der Waals surface area (Å²) >= 11 is 6.11. The lowest BCUT2D eigenvalue weighted by atomic mass is 10.2. The molecule has 5 nitrogen and oxygen atoms in total. The average Bonchev–Trinajstić information content (AvgIpc) is 2.48. The first kappa shape index (κ1) is 13.3. The van der Waals surface area contributed by atoms with Gasteiger partial charge in [0.2, 0.25) is 0 Å². The SMILES string of the molecule is O=C(O)c1cccnc1Nc1ccc2cccc(Cl)c2n1. The van der Waals surface area contributed by atoms with Crippen molar-refractivity contribution in [1.82, 2.24) is 9.97 Å².